The minimum Gasteiger partial charge on any atom is -0.455 e. The van der Waals surface area contributed by atoms with Gasteiger partial charge in [0.25, 0.3) is 0 Å². The molecule has 2 aliphatic carbocycles. The molecule has 1 atom stereocenters. The minimum absolute atomic E-state index is 0.500. The van der Waals surface area contributed by atoms with Crippen molar-refractivity contribution in [2.75, 3.05) is 0 Å². The first-order chi connectivity index (χ1) is 20.3. The first-order valence-corrected chi connectivity index (χ1v) is 14.4. The third-order valence-electron chi connectivity index (χ3n) is 9.52. The molecular weight excluding hydrogens is 520 g/mol. The van der Waals surface area contributed by atoms with Crippen LogP contribution in [0.5, 0.6) is 0 Å². The second-order valence-electron chi connectivity index (χ2n) is 11.3. The monoisotopic (exact) mass is 540 g/mol. The molecule has 10 rings (SSSR count). The van der Waals surface area contributed by atoms with Gasteiger partial charge in [-0.3, -0.25) is 0 Å². The lowest BCUT2D eigenvalue weighted by molar-refractivity contribution is 0.669. The number of para-hydroxylation sites is 1. The molecule has 1 aromatic heterocycles. The molecular formula is C39H21ClO. The summed E-state index contributed by atoms with van der Waals surface area (Å²) in [6.45, 7) is 0. The number of benzene rings is 7. The lowest BCUT2D eigenvalue weighted by atomic mass is 9.70. The van der Waals surface area contributed by atoms with E-state index in [0.717, 1.165) is 32.5 Å². The van der Waals surface area contributed by atoms with E-state index in [1.165, 1.54) is 60.5 Å². The Kier molecular flexibility index (Phi) is 3.98. The molecule has 0 radical (unpaired) electrons. The number of hydrogen-bond acceptors (Lipinski definition) is 1. The molecule has 2 aliphatic rings. The van der Waals surface area contributed by atoms with Crippen molar-refractivity contribution in [2.45, 2.75) is 5.41 Å². The van der Waals surface area contributed by atoms with Gasteiger partial charge in [0, 0.05) is 16.3 Å². The Labute approximate surface area is 241 Å². The van der Waals surface area contributed by atoms with Crippen LogP contribution in [-0.4, -0.2) is 0 Å². The molecule has 1 nitrogen and oxygen atoms in total. The molecule has 0 saturated heterocycles. The Morgan fingerprint density at radius 2 is 1.12 bits per heavy atom. The first-order valence-electron chi connectivity index (χ1n) is 14.1. The van der Waals surface area contributed by atoms with Crippen molar-refractivity contribution >= 4 is 55.1 Å². The number of hydrogen-bond donors (Lipinski definition) is 0. The standard InChI is InChI=1S/C39H21ClO/c40-32-21-31-36(38-37(32)27-13-5-8-16-33(27)41-38)26-12-4-7-15-29(26)39(31)28-14-6-3-11-25(28)35-30(39)20-19-23-18-17-22-9-1-2-10-24(22)34(23)35/h1-21H. The van der Waals surface area contributed by atoms with Gasteiger partial charge in [-0.2, -0.15) is 0 Å². The first kappa shape index (κ1) is 21.9. The Bertz CT molecular complexity index is 2450. The van der Waals surface area contributed by atoms with Crippen LogP contribution < -0.4 is 0 Å². The molecule has 0 aliphatic heterocycles. The van der Waals surface area contributed by atoms with Gasteiger partial charge in [0.05, 0.1) is 10.4 Å². The normalized spacial score (nSPS) is 16.5. The van der Waals surface area contributed by atoms with E-state index in [-0.39, 0.29) is 0 Å². The predicted molar refractivity (Wildman–Crippen MR) is 170 cm³/mol. The van der Waals surface area contributed by atoms with Crippen LogP contribution in [-0.2, 0) is 5.41 Å². The maximum Gasteiger partial charge on any atom is 0.145 e. The molecule has 0 N–H and O–H groups in total. The van der Waals surface area contributed by atoms with Crippen molar-refractivity contribution < 1.29 is 4.42 Å². The van der Waals surface area contributed by atoms with Crippen molar-refractivity contribution in [3.8, 4) is 22.3 Å². The quantitative estimate of drug-likeness (QED) is 0.174. The molecule has 0 saturated carbocycles. The van der Waals surface area contributed by atoms with E-state index in [1.807, 2.05) is 12.1 Å². The third kappa shape index (κ3) is 2.47. The fourth-order valence-corrected chi connectivity index (χ4v) is 8.33. The van der Waals surface area contributed by atoms with Crippen LogP contribution in [0.1, 0.15) is 22.3 Å². The molecule has 1 spiro atoms. The summed E-state index contributed by atoms with van der Waals surface area (Å²) < 4.78 is 6.66. The van der Waals surface area contributed by atoms with Gasteiger partial charge < -0.3 is 4.42 Å². The molecule has 0 fully saturated rings. The summed E-state index contributed by atoms with van der Waals surface area (Å²) in [4.78, 5) is 0. The number of fused-ring (bicyclic) bond motifs is 18. The fraction of sp³-hybridized carbons (Fsp3) is 0.0256. The van der Waals surface area contributed by atoms with Crippen LogP contribution in [0.3, 0.4) is 0 Å². The lowest BCUT2D eigenvalue weighted by Crippen LogP contribution is -2.25. The average molecular weight is 541 g/mol. The maximum atomic E-state index is 7.23. The molecule has 8 aromatic rings. The number of furan rings is 1. The van der Waals surface area contributed by atoms with Crippen LogP contribution in [0.4, 0.5) is 0 Å². The lowest BCUT2D eigenvalue weighted by Gasteiger charge is -2.30. The van der Waals surface area contributed by atoms with Crippen LogP contribution in [0.15, 0.2) is 132 Å². The van der Waals surface area contributed by atoms with E-state index in [1.54, 1.807) is 0 Å². The zero-order valence-corrected chi connectivity index (χ0v) is 22.7. The molecule has 41 heavy (non-hydrogen) atoms. The highest BCUT2D eigenvalue weighted by Crippen LogP contribution is 2.65. The second kappa shape index (κ2) is 7.46. The smallest absolute Gasteiger partial charge is 0.145 e. The van der Waals surface area contributed by atoms with Crippen LogP contribution in [0, 0.1) is 0 Å². The van der Waals surface area contributed by atoms with Gasteiger partial charge in [-0.15, -0.1) is 0 Å². The highest BCUT2D eigenvalue weighted by Gasteiger charge is 2.53. The van der Waals surface area contributed by atoms with Gasteiger partial charge in [-0.1, -0.05) is 127 Å². The summed E-state index contributed by atoms with van der Waals surface area (Å²) >= 11 is 7.23. The summed E-state index contributed by atoms with van der Waals surface area (Å²) in [5.41, 5.74) is 11.3. The van der Waals surface area contributed by atoms with Crippen molar-refractivity contribution in [2.24, 2.45) is 0 Å². The maximum absolute atomic E-state index is 7.23. The molecule has 1 heterocycles. The van der Waals surface area contributed by atoms with Gasteiger partial charge >= 0.3 is 0 Å². The fourth-order valence-electron chi connectivity index (χ4n) is 8.03. The Balaban J connectivity index is 1.46. The molecule has 2 heteroatoms. The van der Waals surface area contributed by atoms with Crippen molar-refractivity contribution in [3.63, 3.8) is 0 Å². The molecule has 1 unspecified atom stereocenters. The van der Waals surface area contributed by atoms with Crippen LogP contribution in [0.2, 0.25) is 5.02 Å². The summed E-state index contributed by atoms with van der Waals surface area (Å²) in [6, 6.07) is 46.1. The van der Waals surface area contributed by atoms with Crippen molar-refractivity contribution in [3.05, 3.63) is 155 Å². The van der Waals surface area contributed by atoms with E-state index >= 15 is 0 Å². The van der Waals surface area contributed by atoms with E-state index in [0.29, 0.717) is 0 Å². The Morgan fingerprint density at radius 3 is 1.95 bits per heavy atom. The number of halogens is 1. The second-order valence-corrected chi connectivity index (χ2v) is 11.7. The largest absolute Gasteiger partial charge is 0.455 e. The SMILES string of the molecule is Clc1cc2c(c3oc4ccccc4c13)-c1ccccc1C21c2ccccc2-c2c1ccc1ccc3ccccc3c21. The van der Waals surface area contributed by atoms with Crippen LogP contribution in [0.25, 0.3) is 65.7 Å². The van der Waals surface area contributed by atoms with E-state index in [2.05, 4.69) is 115 Å². The van der Waals surface area contributed by atoms with Gasteiger partial charge in [-0.25, -0.2) is 0 Å². The van der Waals surface area contributed by atoms with Crippen molar-refractivity contribution in [1.82, 2.24) is 0 Å². The predicted octanol–water partition coefficient (Wildman–Crippen LogP) is 10.9. The highest BCUT2D eigenvalue weighted by atomic mass is 35.5. The topological polar surface area (TPSA) is 13.1 Å². The van der Waals surface area contributed by atoms with E-state index in [4.69, 9.17) is 16.0 Å². The summed E-state index contributed by atoms with van der Waals surface area (Å²) in [7, 11) is 0. The van der Waals surface area contributed by atoms with E-state index < -0.39 is 5.41 Å². The molecule has 7 aromatic carbocycles. The summed E-state index contributed by atoms with van der Waals surface area (Å²) in [6.07, 6.45) is 0. The highest BCUT2D eigenvalue weighted by molar-refractivity contribution is 6.39. The zero-order chi connectivity index (χ0) is 26.9. The number of rotatable bonds is 0. The van der Waals surface area contributed by atoms with Gasteiger partial charge in [0.1, 0.15) is 11.2 Å². The van der Waals surface area contributed by atoms with Crippen LogP contribution >= 0.6 is 11.6 Å². The average Bonchev–Trinajstić information content (AvgIpc) is 3.65. The Hall–Kier alpha value is -4.85. The van der Waals surface area contributed by atoms with E-state index in [9.17, 15) is 0 Å². The molecule has 0 amide bonds. The Morgan fingerprint density at radius 1 is 0.488 bits per heavy atom. The van der Waals surface area contributed by atoms with Gasteiger partial charge in [-0.05, 0) is 72.6 Å². The minimum atomic E-state index is -0.500. The van der Waals surface area contributed by atoms with Crippen molar-refractivity contribution in [1.29, 1.82) is 0 Å². The summed E-state index contributed by atoms with van der Waals surface area (Å²) in [5.74, 6) is 0. The zero-order valence-electron chi connectivity index (χ0n) is 21.9. The molecule has 190 valence electrons. The summed E-state index contributed by atoms with van der Waals surface area (Å²) in [5, 5.41) is 7.88. The third-order valence-corrected chi connectivity index (χ3v) is 9.82. The van der Waals surface area contributed by atoms with Gasteiger partial charge in [0.2, 0.25) is 0 Å². The van der Waals surface area contributed by atoms with Gasteiger partial charge in [0.15, 0.2) is 0 Å². The molecule has 0 bridgehead atoms.